The fourth-order valence-electron chi connectivity index (χ4n) is 3.02. The molecule has 0 aliphatic heterocycles. The molecule has 0 spiro atoms. The van der Waals surface area contributed by atoms with Gasteiger partial charge in [0.05, 0.1) is 10.5 Å². The van der Waals surface area contributed by atoms with Crippen LogP contribution in [0.2, 0.25) is 0 Å². The van der Waals surface area contributed by atoms with Gasteiger partial charge in [-0.2, -0.15) is 13.2 Å². The predicted octanol–water partition coefficient (Wildman–Crippen LogP) is 6.55. The van der Waals surface area contributed by atoms with Gasteiger partial charge in [0, 0.05) is 17.1 Å². The standard InChI is InChI=1S/C14H11F3N2O.C13H12N2O3S/c15-14(16,17)10-6-8-12(9-7-10)19-13(20)18-11-4-2-1-3-5-11;16-13(14-11-7-3-1-4-8-11)15-19(17,18)12-9-5-2-6-10-12/h1-9H,(H2,18,19,20);1-10H,(H2,14,15,16). The molecule has 0 heterocycles. The molecule has 4 aromatic carbocycles. The van der Waals surface area contributed by atoms with E-state index in [0.29, 0.717) is 11.4 Å². The van der Waals surface area contributed by atoms with Crippen molar-refractivity contribution in [3.63, 3.8) is 0 Å². The van der Waals surface area contributed by atoms with Gasteiger partial charge in [0.1, 0.15) is 0 Å². The molecule has 0 radical (unpaired) electrons. The molecule has 0 aliphatic carbocycles. The number of carbonyl (C=O) groups excluding carboxylic acids is 2. The van der Waals surface area contributed by atoms with Gasteiger partial charge in [0.25, 0.3) is 10.0 Å². The monoisotopic (exact) mass is 556 g/mol. The molecule has 202 valence electrons. The Balaban J connectivity index is 0.000000216. The topological polar surface area (TPSA) is 116 Å². The Morgan fingerprint density at radius 2 is 0.923 bits per heavy atom. The second-order valence-corrected chi connectivity index (χ2v) is 9.44. The van der Waals surface area contributed by atoms with Crippen molar-refractivity contribution in [3.05, 3.63) is 121 Å². The third-order valence-electron chi connectivity index (χ3n) is 4.81. The Morgan fingerprint density at radius 1 is 0.538 bits per heavy atom. The minimum absolute atomic E-state index is 0.0400. The summed E-state index contributed by atoms with van der Waals surface area (Å²) in [5.41, 5.74) is 0.637. The summed E-state index contributed by atoms with van der Waals surface area (Å²) in [5, 5.41) is 7.45. The molecule has 4 amide bonds. The van der Waals surface area contributed by atoms with E-state index in [9.17, 15) is 31.2 Å². The summed E-state index contributed by atoms with van der Waals surface area (Å²) in [4.78, 5) is 23.3. The summed E-state index contributed by atoms with van der Waals surface area (Å²) in [6.45, 7) is 0. The lowest BCUT2D eigenvalue weighted by Crippen LogP contribution is -2.34. The zero-order valence-corrected chi connectivity index (χ0v) is 21.0. The maximum Gasteiger partial charge on any atom is 0.416 e. The van der Waals surface area contributed by atoms with Crippen molar-refractivity contribution >= 4 is 39.1 Å². The van der Waals surface area contributed by atoms with E-state index in [4.69, 9.17) is 0 Å². The van der Waals surface area contributed by atoms with Crippen LogP contribution in [0.25, 0.3) is 0 Å². The molecule has 4 rings (SSSR count). The molecule has 0 unspecified atom stereocenters. The summed E-state index contributed by atoms with van der Waals surface area (Å²) in [6, 6.07) is 27.9. The highest BCUT2D eigenvalue weighted by atomic mass is 32.2. The summed E-state index contributed by atoms with van der Waals surface area (Å²) >= 11 is 0. The fraction of sp³-hybridized carbons (Fsp3) is 0.0370. The number of alkyl halides is 3. The number of amides is 4. The van der Waals surface area contributed by atoms with Crippen molar-refractivity contribution in [2.24, 2.45) is 0 Å². The Morgan fingerprint density at radius 3 is 1.36 bits per heavy atom. The van der Waals surface area contributed by atoms with Crippen molar-refractivity contribution in [1.82, 2.24) is 4.72 Å². The van der Waals surface area contributed by atoms with Gasteiger partial charge in [-0.1, -0.05) is 54.6 Å². The number of hydrogen-bond acceptors (Lipinski definition) is 4. The molecule has 0 aromatic heterocycles. The lowest BCUT2D eigenvalue weighted by molar-refractivity contribution is -0.137. The van der Waals surface area contributed by atoms with Crippen LogP contribution in [0.1, 0.15) is 5.56 Å². The number of rotatable bonds is 5. The first-order valence-corrected chi connectivity index (χ1v) is 12.8. The van der Waals surface area contributed by atoms with Gasteiger partial charge in [-0.05, 0) is 60.7 Å². The molecule has 39 heavy (non-hydrogen) atoms. The van der Waals surface area contributed by atoms with Gasteiger partial charge < -0.3 is 16.0 Å². The zero-order chi connectivity index (χ0) is 28.3. The fourth-order valence-corrected chi connectivity index (χ4v) is 3.94. The van der Waals surface area contributed by atoms with E-state index < -0.39 is 33.8 Å². The highest BCUT2D eigenvalue weighted by Crippen LogP contribution is 2.29. The minimum Gasteiger partial charge on any atom is -0.308 e. The number of para-hydroxylation sites is 2. The van der Waals surface area contributed by atoms with Crippen LogP contribution in [0.15, 0.2) is 120 Å². The van der Waals surface area contributed by atoms with Crippen LogP contribution in [0.3, 0.4) is 0 Å². The van der Waals surface area contributed by atoms with Crippen LogP contribution in [-0.2, 0) is 16.2 Å². The third kappa shape index (κ3) is 9.52. The third-order valence-corrected chi connectivity index (χ3v) is 6.16. The van der Waals surface area contributed by atoms with Crippen molar-refractivity contribution in [2.45, 2.75) is 11.1 Å². The van der Waals surface area contributed by atoms with Gasteiger partial charge in [0.2, 0.25) is 0 Å². The molecular weight excluding hydrogens is 533 g/mol. The number of hydrogen-bond donors (Lipinski definition) is 4. The molecule has 0 saturated heterocycles. The van der Waals surface area contributed by atoms with E-state index in [1.54, 1.807) is 78.9 Å². The van der Waals surface area contributed by atoms with E-state index >= 15 is 0 Å². The highest BCUT2D eigenvalue weighted by molar-refractivity contribution is 7.90. The molecule has 4 aromatic rings. The Kier molecular flexibility index (Phi) is 9.65. The van der Waals surface area contributed by atoms with Crippen molar-refractivity contribution in [3.8, 4) is 0 Å². The van der Waals surface area contributed by atoms with Crippen molar-refractivity contribution in [1.29, 1.82) is 0 Å². The van der Waals surface area contributed by atoms with Crippen LogP contribution >= 0.6 is 0 Å². The van der Waals surface area contributed by atoms with Gasteiger partial charge in [0.15, 0.2) is 0 Å². The van der Waals surface area contributed by atoms with Crippen LogP contribution in [-0.4, -0.2) is 20.5 Å². The second-order valence-electron chi connectivity index (χ2n) is 7.76. The number of urea groups is 2. The molecule has 8 nitrogen and oxygen atoms in total. The van der Waals surface area contributed by atoms with Crippen LogP contribution < -0.4 is 20.7 Å². The van der Waals surface area contributed by atoms with Crippen molar-refractivity contribution in [2.75, 3.05) is 16.0 Å². The molecule has 0 atom stereocenters. The predicted molar refractivity (Wildman–Crippen MR) is 143 cm³/mol. The number of nitrogens with one attached hydrogen (secondary N) is 4. The first-order chi connectivity index (χ1) is 18.5. The molecule has 0 bridgehead atoms. The second kappa shape index (κ2) is 13.1. The molecule has 4 N–H and O–H groups in total. The van der Waals surface area contributed by atoms with E-state index in [1.807, 2.05) is 4.72 Å². The lowest BCUT2D eigenvalue weighted by Gasteiger charge is -2.09. The van der Waals surface area contributed by atoms with Gasteiger partial charge in [-0.15, -0.1) is 0 Å². The SMILES string of the molecule is O=C(Nc1ccccc1)NS(=O)(=O)c1ccccc1.O=C(Nc1ccccc1)Nc1ccc(C(F)(F)F)cc1. The number of halogens is 3. The first kappa shape index (κ1) is 28.7. The number of benzene rings is 4. The molecular formula is C27H23F3N4O4S. The molecule has 0 aliphatic rings. The lowest BCUT2D eigenvalue weighted by atomic mass is 10.2. The average Bonchev–Trinajstić information content (AvgIpc) is 2.90. The highest BCUT2D eigenvalue weighted by Gasteiger charge is 2.30. The molecule has 12 heteroatoms. The smallest absolute Gasteiger partial charge is 0.308 e. The van der Waals surface area contributed by atoms with Gasteiger partial charge in [-0.25, -0.2) is 22.7 Å². The normalized spacial score (nSPS) is 10.8. The minimum atomic E-state index is -4.38. The van der Waals surface area contributed by atoms with E-state index in [1.165, 1.54) is 24.3 Å². The molecule has 0 saturated carbocycles. The summed E-state index contributed by atoms with van der Waals surface area (Å²) in [5.74, 6) is 0. The summed E-state index contributed by atoms with van der Waals surface area (Å²) < 4.78 is 62.8. The number of anilines is 3. The number of sulfonamides is 1. The van der Waals surface area contributed by atoms with Crippen LogP contribution in [0.5, 0.6) is 0 Å². The largest absolute Gasteiger partial charge is 0.416 e. The summed E-state index contributed by atoms with van der Waals surface area (Å²) in [7, 11) is -3.84. The Bertz CT molecular complexity index is 1470. The van der Waals surface area contributed by atoms with Gasteiger partial charge in [-0.3, -0.25) is 0 Å². The number of carbonyl (C=O) groups is 2. The van der Waals surface area contributed by atoms with Crippen LogP contribution in [0.4, 0.5) is 39.8 Å². The Hall–Kier alpha value is -4.84. The average molecular weight is 557 g/mol. The van der Waals surface area contributed by atoms with E-state index in [0.717, 1.165) is 12.1 Å². The maximum atomic E-state index is 12.4. The van der Waals surface area contributed by atoms with E-state index in [-0.39, 0.29) is 10.6 Å². The first-order valence-electron chi connectivity index (χ1n) is 11.3. The Labute approximate surface area is 222 Å². The quantitative estimate of drug-likeness (QED) is 0.223. The maximum absolute atomic E-state index is 12.4. The summed E-state index contributed by atoms with van der Waals surface area (Å²) in [6.07, 6.45) is -4.38. The van der Waals surface area contributed by atoms with Crippen molar-refractivity contribution < 1.29 is 31.2 Å². The van der Waals surface area contributed by atoms with E-state index in [2.05, 4.69) is 16.0 Å². The van der Waals surface area contributed by atoms with Crippen LogP contribution in [0, 0.1) is 0 Å². The zero-order valence-electron chi connectivity index (χ0n) is 20.1. The van der Waals surface area contributed by atoms with Gasteiger partial charge >= 0.3 is 18.2 Å². The molecule has 0 fully saturated rings.